The number of methoxy groups -OCH3 is 1. The summed E-state index contributed by atoms with van der Waals surface area (Å²) in [5.41, 5.74) is 11.2. The Kier molecular flexibility index (Phi) is 25.5. The highest BCUT2D eigenvalue weighted by Crippen LogP contribution is 2.26. The van der Waals surface area contributed by atoms with Crippen molar-refractivity contribution in [3.05, 3.63) is 209 Å². The lowest BCUT2D eigenvalue weighted by atomic mass is 10.1. The zero-order valence-corrected chi connectivity index (χ0v) is 41.7. The smallest absolute Gasteiger partial charge is 0.142 e. The van der Waals surface area contributed by atoms with E-state index in [2.05, 4.69) is 139 Å². The van der Waals surface area contributed by atoms with Gasteiger partial charge in [-0.25, -0.2) is 0 Å². The number of nitrogens with one attached hydrogen (secondary N) is 1. The van der Waals surface area contributed by atoms with Crippen molar-refractivity contribution >= 4 is 34.4 Å². The molecule has 2 saturated heterocycles. The van der Waals surface area contributed by atoms with E-state index >= 15 is 0 Å². The van der Waals surface area contributed by atoms with Crippen molar-refractivity contribution in [2.24, 2.45) is 0 Å². The average molecular weight is 956 g/mol. The molecule has 0 bridgehead atoms. The van der Waals surface area contributed by atoms with E-state index in [1.54, 1.807) is 13.4 Å². The largest absolute Gasteiger partial charge is 0.498 e. The molecule has 6 aromatic rings. The molecule has 4 aliphatic heterocycles. The fraction of sp³-hybridized carbons (Fsp3) is 0.322. The van der Waals surface area contributed by atoms with E-state index in [4.69, 9.17) is 35.3 Å². The van der Waals surface area contributed by atoms with Crippen LogP contribution in [-0.4, -0.2) is 86.0 Å². The molecule has 0 atom stereocenters. The Morgan fingerprint density at radius 2 is 0.971 bits per heavy atom. The Balaban J connectivity index is 0.000000190. The number of benzene rings is 6. The number of rotatable bonds is 5. The number of hydrogen-bond acceptors (Lipinski definition) is 9. The van der Waals surface area contributed by atoms with E-state index in [9.17, 15) is 0 Å². The first-order valence-electron chi connectivity index (χ1n) is 23.5. The first-order valence-corrected chi connectivity index (χ1v) is 23.9. The molecule has 69 heavy (non-hydrogen) atoms. The van der Waals surface area contributed by atoms with Crippen molar-refractivity contribution in [1.29, 1.82) is 0 Å². The molecule has 0 radical (unpaired) electrons. The molecule has 1 N–H and O–H groups in total. The zero-order chi connectivity index (χ0) is 48.2. The summed E-state index contributed by atoms with van der Waals surface area (Å²) >= 11 is 5.61. The molecule has 9 nitrogen and oxygen atoms in total. The molecule has 0 aliphatic carbocycles. The third-order valence-corrected chi connectivity index (χ3v) is 11.2. The minimum atomic E-state index is 0. The van der Waals surface area contributed by atoms with Gasteiger partial charge < -0.3 is 43.7 Å². The predicted octanol–water partition coefficient (Wildman–Crippen LogP) is 12.9. The summed E-state index contributed by atoms with van der Waals surface area (Å²) < 4.78 is 26.4. The minimum absolute atomic E-state index is 0. The van der Waals surface area contributed by atoms with Crippen molar-refractivity contribution < 1.29 is 23.7 Å². The number of ether oxygens (including phenoxy) is 5. The van der Waals surface area contributed by atoms with Gasteiger partial charge >= 0.3 is 0 Å². The molecule has 10 heteroatoms. The average Bonchev–Trinajstić information content (AvgIpc) is 3.40. The van der Waals surface area contributed by atoms with Crippen LogP contribution in [0.5, 0.6) is 5.75 Å². The van der Waals surface area contributed by atoms with E-state index in [1.807, 2.05) is 79.9 Å². The van der Waals surface area contributed by atoms with Gasteiger partial charge in [0.2, 0.25) is 0 Å². The van der Waals surface area contributed by atoms with Crippen LogP contribution >= 0.6 is 11.6 Å². The quantitative estimate of drug-likeness (QED) is 0.182. The number of halogens is 1. The van der Waals surface area contributed by atoms with Gasteiger partial charge in [0.05, 0.1) is 52.9 Å². The monoisotopic (exact) mass is 955 g/mol. The lowest BCUT2D eigenvalue weighted by molar-refractivity contribution is 0.109. The Labute approximate surface area is 418 Å². The molecule has 10 rings (SSSR count). The van der Waals surface area contributed by atoms with Gasteiger partial charge in [-0.3, -0.25) is 0 Å². The summed E-state index contributed by atoms with van der Waals surface area (Å²) in [6.45, 7) is 21.3. The van der Waals surface area contributed by atoms with Crippen LogP contribution in [0.1, 0.15) is 40.8 Å². The first kappa shape index (κ1) is 55.4. The molecule has 0 unspecified atom stereocenters. The highest BCUT2D eigenvalue weighted by Gasteiger charge is 2.15. The van der Waals surface area contributed by atoms with Gasteiger partial charge in [-0.15, -0.1) is 0 Å². The summed E-state index contributed by atoms with van der Waals surface area (Å²) in [5.74, 6) is 1.75. The first-order chi connectivity index (χ1) is 33.2. The van der Waals surface area contributed by atoms with Gasteiger partial charge in [0.1, 0.15) is 24.7 Å². The zero-order valence-electron chi connectivity index (χ0n) is 40.9. The normalized spacial score (nSPS) is 14.7. The van der Waals surface area contributed by atoms with Crippen LogP contribution in [0.2, 0.25) is 5.02 Å². The second kappa shape index (κ2) is 31.7. The van der Waals surface area contributed by atoms with Gasteiger partial charge in [0.15, 0.2) is 0 Å². The third kappa shape index (κ3) is 21.3. The second-order valence-corrected chi connectivity index (χ2v) is 17.0. The fourth-order valence-electron chi connectivity index (χ4n) is 6.87. The topological polar surface area (TPSA) is 67.9 Å². The number of nitrogens with zero attached hydrogens (tertiary/aromatic N) is 3. The van der Waals surface area contributed by atoms with Crippen molar-refractivity contribution in [3.8, 4) is 5.75 Å². The molecule has 4 heterocycles. The molecule has 0 aromatic heterocycles. The maximum absolute atomic E-state index is 5.79. The fourth-order valence-corrected chi connectivity index (χ4v) is 7.00. The molecular formula is C59H75ClN4O5. The van der Waals surface area contributed by atoms with Gasteiger partial charge in [-0.2, -0.15) is 0 Å². The van der Waals surface area contributed by atoms with Crippen molar-refractivity contribution in [2.75, 3.05) is 101 Å². The van der Waals surface area contributed by atoms with Gasteiger partial charge in [0, 0.05) is 66.2 Å². The molecule has 368 valence electrons. The highest BCUT2D eigenvalue weighted by atomic mass is 35.5. The van der Waals surface area contributed by atoms with Crippen LogP contribution in [0.3, 0.4) is 0 Å². The molecule has 4 aliphatic rings. The van der Waals surface area contributed by atoms with Crippen LogP contribution in [-0.2, 0) is 18.9 Å². The van der Waals surface area contributed by atoms with E-state index in [1.165, 1.54) is 44.9 Å². The van der Waals surface area contributed by atoms with Gasteiger partial charge in [0.25, 0.3) is 0 Å². The molecular weight excluding hydrogens is 880 g/mol. The van der Waals surface area contributed by atoms with E-state index < -0.39 is 0 Å². The van der Waals surface area contributed by atoms with Gasteiger partial charge in [-0.05, 0) is 107 Å². The maximum atomic E-state index is 5.79. The van der Waals surface area contributed by atoms with Crippen LogP contribution < -0.4 is 24.8 Å². The molecule has 0 spiro atoms. The predicted molar refractivity (Wildman–Crippen MR) is 291 cm³/mol. The van der Waals surface area contributed by atoms with E-state index in [0.717, 1.165) is 94.4 Å². The second-order valence-electron chi connectivity index (χ2n) is 16.5. The summed E-state index contributed by atoms with van der Waals surface area (Å²) in [6, 6.07) is 51.7. The third-order valence-electron chi connectivity index (χ3n) is 11.0. The number of aryl methyl sites for hydroxylation is 5. The molecule has 0 amide bonds. The SMILES string of the molecule is C.C1COCCN1.COc1ccc(C2=CN(c3ccc(C)cc3)CCO2)cc1.Cc1ccc(Cl)cc1.Cc1ccc(N2C=COCC2)cc1.Cc1ccc(N2CCOCC2)cc1.Cc1ccccc1. The Bertz CT molecular complexity index is 2280. The summed E-state index contributed by atoms with van der Waals surface area (Å²) in [7, 11) is 1.67. The van der Waals surface area contributed by atoms with Crippen LogP contribution in [0.25, 0.3) is 5.76 Å². The molecule has 2 fully saturated rings. The summed E-state index contributed by atoms with van der Waals surface area (Å²) in [5, 5.41) is 3.96. The van der Waals surface area contributed by atoms with Crippen molar-refractivity contribution in [1.82, 2.24) is 5.32 Å². The number of morpholine rings is 2. The molecule has 0 saturated carbocycles. The Morgan fingerprint density at radius 3 is 1.41 bits per heavy atom. The Morgan fingerprint density at radius 1 is 0.493 bits per heavy atom. The standard InChI is InChI=1S/C18H19NO2.C11H15NO.C11H13NO.C7H7Cl.C7H8.C4H9NO.CH4/c1-14-3-7-16(8-4-14)19-11-12-21-18(13-19)15-5-9-17(20-2)10-6-15;2*1-10-2-4-11(5-3-10)12-6-8-13-9-7-12;1-6-2-4-7(8)5-3-6;1-7-5-3-2-4-6-7;1-3-6-4-2-5-1;/h3-10,13H,11-12H2,1-2H3;2-5H,6-9H2,1H3;2-6,8H,7,9H2,1H3;2-5H,1H3;2-6H,1H3;5H,1-4H2;1H4. The van der Waals surface area contributed by atoms with E-state index in [-0.39, 0.29) is 7.43 Å². The number of hydrogen-bond donors (Lipinski definition) is 1. The summed E-state index contributed by atoms with van der Waals surface area (Å²) in [6.07, 6.45) is 5.77. The van der Waals surface area contributed by atoms with E-state index in [0.29, 0.717) is 6.61 Å². The molecule has 6 aromatic carbocycles. The van der Waals surface area contributed by atoms with Gasteiger partial charge in [-0.1, -0.05) is 126 Å². The maximum Gasteiger partial charge on any atom is 0.142 e. The van der Waals surface area contributed by atoms with Crippen LogP contribution in [0.15, 0.2) is 170 Å². The number of anilines is 3. The summed E-state index contributed by atoms with van der Waals surface area (Å²) in [4.78, 5) is 6.77. The van der Waals surface area contributed by atoms with Crippen molar-refractivity contribution in [2.45, 2.75) is 42.0 Å². The van der Waals surface area contributed by atoms with Crippen molar-refractivity contribution in [3.63, 3.8) is 0 Å². The highest BCUT2D eigenvalue weighted by molar-refractivity contribution is 6.30. The van der Waals surface area contributed by atoms with Crippen LogP contribution in [0.4, 0.5) is 17.1 Å². The lowest BCUT2D eigenvalue weighted by Gasteiger charge is -2.28. The Hall–Kier alpha value is -6.23. The van der Waals surface area contributed by atoms with Crippen LogP contribution in [0, 0.1) is 34.6 Å². The minimum Gasteiger partial charge on any atom is -0.498 e. The lowest BCUT2D eigenvalue weighted by Crippen LogP contribution is -2.36.